The summed E-state index contributed by atoms with van der Waals surface area (Å²) >= 11 is 3.31. The van der Waals surface area contributed by atoms with Crippen LogP contribution >= 0.6 is 15.9 Å². The number of anilines is 1. The molecule has 3 rings (SSSR count). The number of carbonyl (C=O) groups excluding carboxylic acids is 1. The van der Waals surface area contributed by atoms with E-state index in [2.05, 4.69) is 26.3 Å². The van der Waals surface area contributed by atoms with Crippen molar-refractivity contribution < 1.29 is 14.5 Å². The molecule has 0 fully saturated rings. The van der Waals surface area contributed by atoms with Crippen molar-refractivity contribution in [3.63, 3.8) is 0 Å². The Morgan fingerprint density at radius 2 is 2.03 bits per heavy atom. The molecule has 29 heavy (non-hydrogen) atoms. The quantitative estimate of drug-likeness (QED) is 0.402. The molecule has 0 saturated carbocycles. The minimum Gasteiger partial charge on any atom is -0.457 e. The van der Waals surface area contributed by atoms with Crippen LogP contribution in [0.5, 0.6) is 11.5 Å². The highest BCUT2D eigenvalue weighted by Gasteiger charge is 2.19. The van der Waals surface area contributed by atoms with E-state index in [0.717, 1.165) is 11.1 Å². The molecule has 0 atom stereocenters. The van der Waals surface area contributed by atoms with Gasteiger partial charge in [-0.25, -0.2) is 0 Å². The summed E-state index contributed by atoms with van der Waals surface area (Å²) in [5.74, 6) is 0.412. The monoisotopic (exact) mass is 458 g/mol. The van der Waals surface area contributed by atoms with Gasteiger partial charge in [-0.15, -0.1) is 0 Å². The van der Waals surface area contributed by atoms with Crippen molar-refractivity contribution in [3.8, 4) is 11.5 Å². The van der Waals surface area contributed by atoms with E-state index in [0.29, 0.717) is 22.5 Å². The van der Waals surface area contributed by atoms with Crippen LogP contribution in [0.25, 0.3) is 0 Å². The number of hydrogen-bond donors (Lipinski definition) is 1. The van der Waals surface area contributed by atoms with Gasteiger partial charge in [-0.3, -0.25) is 19.6 Å². The highest BCUT2D eigenvalue weighted by Crippen LogP contribution is 2.32. The minimum atomic E-state index is -0.530. The Labute approximate surface area is 175 Å². The van der Waals surface area contributed by atoms with Crippen LogP contribution in [0.1, 0.15) is 28.5 Å². The summed E-state index contributed by atoms with van der Waals surface area (Å²) in [5.41, 5.74) is 2.29. The summed E-state index contributed by atoms with van der Waals surface area (Å²) in [5, 5.41) is 18.2. The number of non-ortho nitro benzene ring substituents is 1. The zero-order chi connectivity index (χ0) is 21.1. The van der Waals surface area contributed by atoms with Crippen LogP contribution in [0.3, 0.4) is 0 Å². The molecule has 0 unspecified atom stereocenters. The van der Waals surface area contributed by atoms with Gasteiger partial charge in [0.2, 0.25) is 0 Å². The first-order chi connectivity index (χ1) is 13.8. The second-order valence-electron chi connectivity index (χ2n) is 6.45. The summed E-state index contributed by atoms with van der Waals surface area (Å²) in [6.45, 7) is 6.18. The van der Waals surface area contributed by atoms with Gasteiger partial charge in [0.05, 0.1) is 27.3 Å². The molecule has 9 heteroatoms. The molecular formula is C20H19BrN4O4. The number of ether oxygens (including phenoxy) is 1. The number of nitro groups is 1. The van der Waals surface area contributed by atoms with Gasteiger partial charge in [0.15, 0.2) is 0 Å². The predicted molar refractivity (Wildman–Crippen MR) is 113 cm³/mol. The normalized spacial score (nSPS) is 10.6. The number of amides is 1. The summed E-state index contributed by atoms with van der Waals surface area (Å²) < 4.78 is 7.95. The lowest BCUT2D eigenvalue weighted by Crippen LogP contribution is -2.18. The lowest BCUT2D eigenvalue weighted by molar-refractivity contribution is -0.384. The SMILES string of the molecule is CCn1ncc(Br)c1C(=O)Nc1cc(Oc2cc(C)ccc2C)cc([N+](=O)[O-])c1. The van der Waals surface area contributed by atoms with Crippen molar-refractivity contribution in [3.05, 3.63) is 74.0 Å². The molecule has 1 heterocycles. The Kier molecular flexibility index (Phi) is 5.97. The number of nitrogens with one attached hydrogen (secondary N) is 1. The molecule has 3 aromatic rings. The topological polar surface area (TPSA) is 99.3 Å². The van der Waals surface area contributed by atoms with Crippen LogP contribution in [-0.4, -0.2) is 20.6 Å². The zero-order valence-electron chi connectivity index (χ0n) is 16.1. The third kappa shape index (κ3) is 4.62. The number of hydrogen-bond acceptors (Lipinski definition) is 5. The standard InChI is InChI=1S/C20H19BrN4O4/c1-4-24-19(17(21)11-22-24)20(26)23-14-8-15(25(27)28)10-16(9-14)29-18-7-12(2)5-6-13(18)3/h5-11H,4H2,1-3H3,(H,23,26). The third-order valence-electron chi connectivity index (χ3n) is 4.24. The molecule has 0 radical (unpaired) electrons. The number of aromatic nitrogens is 2. The summed E-state index contributed by atoms with van der Waals surface area (Å²) in [6, 6.07) is 9.87. The van der Waals surface area contributed by atoms with E-state index >= 15 is 0 Å². The number of halogens is 1. The van der Waals surface area contributed by atoms with E-state index in [1.54, 1.807) is 6.07 Å². The van der Waals surface area contributed by atoms with Gasteiger partial charge in [0, 0.05) is 18.7 Å². The summed E-state index contributed by atoms with van der Waals surface area (Å²) in [6.07, 6.45) is 1.53. The molecule has 1 amide bonds. The first-order valence-corrected chi connectivity index (χ1v) is 9.65. The molecule has 2 aromatic carbocycles. The molecule has 0 spiro atoms. The number of benzene rings is 2. The predicted octanol–water partition coefficient (Wildman–Crippen LogP) is 5.24. The van der Waals surface area contributed by atoms with Crippen molar-refractivity contribution in [1.29, 1.82) is 0 Å². The largest absolute Gasteiger partial charge is 0.457 e. The molecular weight excluding hydrogens is 440 g/mol. The second kappa shape index (κ2) is 8.44. The first kappa shape index (κ1) is 20.5. The van der Waals surface area contributed by atoms with Gasteiger partial charge in [-0.2, -0.15) is 5.10 Å². The van der Waals surface area contributed by atoms with Crippen molar-refractivity contribution in [1.82, 2.24) is 9.78 Å². The molecule has 0 aliphatic carbocycles. The first-order valence-electron chi connectivity index (χ1n) is 8.85. The highest BCUT2D eigenvalue weighted by atomic mass is 79.9. The van der Waals surface area contributed by atoms with Crippen LogP contribution in [0.15, 0.2) is 47.1 Å². The lowest BCUT2D eigenvalue weighted by atomic mass is 10.1. The number of nitrogens with zero attached hydrogens (tertiary/aromatic N) is 3. The van der Waals surface area contributed by atoms with E-state index < -0.39 is 10.8 Å². The van der Waals surface area contributed by atoms with Crippen LogP contribution < -0.4 is 10.1 Å². The third-order valence-corrected chi connectivity index (χ3v) is 4.82. The van der Waals surface area contributed by atoms with Gasteiger partial charge in [0.25, 0.3) is 11.6 Å². The Morgan fingerprint density at radius 1 is 1.28 bits per heavy atom. The molecule has 150 valence electrons. The number of nitro benzene ring substituents is 1. The maximum Gasteiger partial charge on any atom is 0.275 e. The Morgan fingerprint density at radius 3 is 2.72 bits per heavy atom. The molecule has 0 saturated heterocycles. The Bertz CT molecular complexity index is 1090. The van der Waals surface area contributed by atoms with E-state index in [-0.39, 0.29) is 17.1 Å². The number of rotatable bonds is 6. The average Bonchev–Trinajstić information content (AvgIpc) is 3.05. The summed E-state index contributed by atoms with van der Waals surface area (Å²) in [7, 11) is 0. The molecule has 1 N–H and O–H groups in total. The zero-order valence-corrected chi connectivity index (χ0v) is 17.7. The maximum absolute atomic E-state index is 12.7. The Hall–Kier alpha value is -3.20. The lowest BCUT2D eigenvalue weighted by Gasteiger charge is -2.12. The van der Waals surface area contributed by atoms with Crippen LogP contribution in [0, 0.1) is 24.0 Å². The van der Waals surface area contributed by atoms with E-state index in [9.17, 15) is 14.9 Å². The van der Waals surface area contributed by atoms with E-state index in [1.165, 1.54) is 23.0 Å². The average molecular weight is 459 g/mol. The maximum atomic E-state index is 12.7. The van der Waals surface area contributed by atoms with Gasteiger partial charge < -0.3 is 10.1 Å². The van der Waals surface area contributed by atoms with Gasteiger partial charge in [0.1, 0.15) is 17.2 Å². The van der Waals surface area contributed by atoms with E-state index in [4.69, 9.17) is 4.74 Å². The number of aryl methyl sites for hydroxylation is 3. The fourth-order valence-electron chi connectivity index (χ4n) is 2.78. The van der Waals surface area contributed by atoms with Gasteiger partial charge in [-0.1, -0.05) is 12.1 Å². The van der Waals surface area contributed by atoms with Crippen molar-refractivity contribution >= 4 is 33.2 Å². The van der Waals surface area contributed by atoms with Crippen molar-refractivity contribution in [2.75, 3.05) is 5.32 Å². The molecule has 0 bridgehead atoms. The highest BCUT2D eigenvalue weighted by molar-refractivity contribution is 9.10. The van der Waals surface area contributed by atoms with Gasteiger partial charge in [-0.05, 0) is 53.9 Å². The van der Waals surface area contributed by atoms with Crippen LogP contribution in [0.4, 0.5) is 11.4 Å². The van der Waals surface area contributed by atoms with E-state index in [1.807, 2.05) is 39.0 Å². The minimum absolute atomic E-state index is 0.189. The van der Waals surface area contributed by atoms with Crippen molar-refractivity contribution in [2.45, 2.75) is 27.3 Å². The fraction of sp³-hybridized carbons (Fsp3) is 0.200. The van der Waals surface area contributed by atoms with Crippen LogP contribution in [-0.2, 0) is 6.54 Å². The molecule has 8 nitrogen and oxygen atoms in total. The van der Waals surface area contributed by atoms with Crippen LogP contribution in [0.2, 0.25) is 0 Å². The fourth-order valence-corrected chi connectivity index (χ4v) is 3.26. The molecule has 0 aliphatic rings. The molecule has 1 aromatic heterocycles. The van der Waals surface area contributed by atoms with Gasteiger partial charge >= 0.3 is 0 Å². The number of carbonyl (C=O) groups is 1. The Balaban J connectivity index is 1.94. The van der Waals surface area contributed by atoms with Crippen molar-refractivity contribution in [2.24, 2.45) is 0 Å². The summed E-state index contributed by atoms with van der Waals surface area (Å²) in [4.78, 5) is 23.5. The smallest absolute Gasteiger partial charge is 0.275 e. The second-order valence-corrected chi connectivity index (χ2v) is 7.31. The molecule has 0 aliphatic heterocycles.